The van der Waals surface area contributed by atoms with Gasteiger partial charge in [-0.2, -0.15) is 0 Å². The highest BCUT2D eigenvalue weighted by Gasteiger charge is 2.13. The molecule has 0 aliphatic carbocycles. The van der Waals surface area contributed by atoms with Gasteiger partial charge in [-0.3, -0.25) is 0 Å². The fourth-order valence-corrected chi connectivity index (χ4v) is 2.40. The monoisotopic (exact) mass is 323 g/mol. The number of halogens is 1. The molecule has 1 heterocycles. The first-order valence-corrected chi connectivity index (χ1v) is 6.93. The highest BCUT2D eigenvalue weighted by Crippen LogP contribution is 2.29. The highest BCUT2D eigenvalue weighted by atomic mass is 79.9. The van der Waals surface area contributed by atoms with Gasteiger partial charge in [0.15, 0.2) is 0 Å². The Balaban J connectivity index is 2.30. The summed E-state index contributed by atoms with van der Waals surface area (Å²) in [5, 5.41) is 9.86. The number of imidazole rings is 1. The molecule has 0 fully saturated rings. The van der Waals surface area contributed by atoms with E-state index in [9.17, 15) is 5.11 Å². The summed E-state index contributed by atoms with van der Waals surface area (Å²) in [6.07, 6.45) is 3.23. The summed E-state index contributed by atoms with van der Waals surface area (Å²) in [5.74, 6) is 0.985. The van der Waals surface area contributed by atoms with Crippen molar-refractivity contribution in [3.63, 3.8) is 0 Å². The lowest BCUT2D eigenvalue weighted by Crippen LogP contribution is -2.20. The van der Waals surface area contributed by atoms with Crippen molar-refractivity contribution < 1.29 is 5.11 Å². The summed E-state index contributed by atoms with van der Waals surface area (Å²) >= 11 is 3.48. The Kier molecular flexibility index (Phi) is 4.27. The van der Waals surface area contributed by atoms with Gasteiger partial charge in [-0.15, -0.1) is 0 Å². The second kappa shape index (κ2) is 5.75. The number of anilines is 1. The molecule has 0 radical (unpaired) electrons. The summed E-state index contributed by atoms with van der Waals surface area (Å²) in [6, 6.07) is 5.91. The van der Waals surface area contributed by atoms with Crippen molar-refractivity contribution in [1.82, 2.24) is 9.55 Å². The standard InChI is InChI=1S/C14H18BrN3O/c1-10(19)12-5-4-11(15)8-13(12)18(3)9-14-16-6-7-17(14)2/h4-8,10,19H,9H2,1-3H3. The highest BCUT2D eigenvalue weighted by molar-refractivity contribution is 9.10. The van der Waals surface area contributed by atoms with Crippen LogP contribution in [0.2, 0.25) is 0 Å². The molecule has 0 bridgehead atoms. The molecule has 2 aromatic rings. The molecule has 1 unspecified atom stereocenters. The Hall–Kier alpha value is -1.33. The molecule has 0 saturated heterocycles. The van der Waals surface area contributed by atoms with E-state index in [1.165, 1.54) is 0 Å². The summed E-state index contributed by atoms with van der Waals surface area (Å²) in [4.78, 5) is 6.42. The van der Waals surface area contributed by atoms with Gasteiger partial charge in [0.2, 0.25) is 0 Å². The third kappa shape index (κ3) is 3.16. The minimum atomic E-state index is -0.494. The van der Waals surface area contributed by atoms with E-state index in [1.54, 1.807) is 13.1 Å². The average molecular weight is 324 g/mol. The van der Waals surface area contributed by atoms with Crippen LogP contribution in [0.4, 0.5) is 5.69 Å². The summed E-state index contributed by atoms with van der Waals surface area (Å²) in [5.41, 5.74) is 1.92. The maximum Gasteiger partial charge on any atom is 0.127 e. The minimum Gasteiger partial charge on any atom is -0.389 e. The second-order valence-corrected chi connectivity index (χ2v) is 5.61. The van der Waals surface area contributed by atoms with E-state index in [4.69, 9.17) is 0 Å². The molecular formula is C14H18BrN3O. The molecule has 102 valence electrons. The topological polar surface area (TPSA) is 41.3 Å². The molecule has 1 N–H and O–H groups in total. The van der Waals surface area contributed by atoms with Gasteiger partial charge >= 0.3 is 0 Å². The molecule has 1 atom stereocenters. The lowest BCUT2D eigenvalue weighted by atomic mass is 10.1. The summed E-state index contributed by atoms with van der Waals surface area (Å²) in [7, 11) is 3.98. The third-order valence-electron chi connectivity index (χ3n) is 3.15. The van der Waals surface area contributed by atoms with Gasteiger partial charge < -0.3 is 14.6 Å². The van der Waals surface area contributed by atoms with E-state index in [0.29, 0.717) is 6.54 Å². The largest absolute Gasteiger partial charge is 0.389 e. The van der Waals surface area contributed by atoms with Crippen molar-refractivity contribution in [1.29, 1.82) is 0 Å². The molecule has 0 aliphatic heterocycles. The van der Waals surface area contributed by atoms with Gasteiger partial charge in [-0.05, 0) is 19.1 Å². The zero-order valence-electron chi connectivity index (χ0n) is 11.3. The van der Waals surface area contributed by atoms with E-state index in [0.717, 1.165) is 21.5 Å². The van der Waals surface area contributed by atoms with E-state index in [-0.39, 0.29) is 0 Å². The van der Waals surface area contributed by atoms with Crippen molar-refractivity contribution in [3.8, 4) is 0 Å². The number of hydrogen-bond acceptors (Lipinski definition) is 3. The molecule has 1 aromatic carbocycles. The first-order valence-electron chi connectivity index (χ1n) is 6.14. The molecule has 0 amide bonds. The predicted molar refractivity (Wildman–Crippen MR) is 80.1 cm³/mol. The van der Waals surface area contributed by atoms with Crippen LogP contribution in [-0.4, -0.2) is 21.7 Å². The van der Waals surface area contributed by atoms with Crippen LogP contribution in [0.1, 0.15) is 24.4 Å². The number of hydrogen-bond donors (Lipinski definition) is 1. The lowest BCUT2D eigenvalue weighted by Gasteiger charge is -2.23. The van der Waals surface area contributed by atoms with E-state index in [1.807, 2.05) is 43.1 Å². The molecule has 5 heteroatoms. The number of aliphatic hydroxyl groups is 1. The zero-order valence-corrected chi connectivity index (χ0v) is 12.9. The Labute approximate surface area is 121 Å². The van der Waals surface area contributed by atoms with Gasteiger partial charge in [0, 0.05) is 42.2 Å². The van der Waals surface area contributed by atoms with Crippen LogP contribution >= 0.6 is 15.9 Å². The molecule has 19 heavy (non-hydrogen) atoms. The number of aryl methyl sites for hydroxylation is 1. The SMILES string of the molecule is CC(O)c1ccc(Br)cc1N(C)Cc1nccn1C. The van der Waals surface area contributed by atoms with Crippen LogP contribution in [0.5, 0.6) is 0 Å². The fraction of sp³-hybridized carbons (Fsp3) is 0.357. The maximum absolute atomic E-state index is 9.86. The van der Waals surface area contributed by atoms with Gasteiger partial charge in [-0.25, -0.2) is 4.98 Å². The third-order valence-corrected chi connectivity index (χ3v) is 3.65. The van der Waals surface area contributed by atoms with E-state index < -0.39 is 6.10 Å². The number of aliphatic hydroxyl groups excluding tert-OH is 1. The fourth-order valence-electron chi connectivity index (χ4n) is 2.05. The van der Waals surface area contributed by atoms with E-state index >= 15 is 0 Å². The summed E-state index contributed by atoms with van der Waals surface area (Å²) < 4.78 is 3.00. The van der Waals surface area contributed by atoms with Crippen molar-refractivity contribution in [3.05, 3.63) is 46.5 Å². The Morgan fingerprint density at radius 3 is 2.79 bits per heavy atom. The van der Waals surface area contributed by atoms with Crippen LogP contribution in [-0.2, 0) is 13.6 Å². The molecule has 2 rings (SSSR count). The number of rotatable bonds is 4. The van der Waals surface area contributed by atoms with Crippen LogP contribution in [0.3, 0.4) is 0 Å². The molecule has 0 aliphatic rings. The van der Waals surface area contributed by atoms with Crippen LogP contribution in [0.25, 0.3) is 0 Å². The molecule has 1 aromatic heterocycles. The molecule has 4 nitrogen and oxygen atoms in total. The first-order chi connectivity index (χ1) is 8.99. The zero-order chi connectivity index (χ0) is 14.0. The normalized spacial score (nSPS) is 12.5. The maximum atomic E-state index is 9.86. The minimum absolute atomic E-state index is 0.494. The number of nitrogens with zero attached hydrogens (tertiary/aromatic N) is 3. The van der Waals surface area contributed by atoms with Gasteiger partial charge in [-0.1, -0.05) is 22.0 Å². The first kappa shape index (κ1) is 14.1. The summed E-state index contributed by atoms with van der Waals surface area (Å²) in [6.45, 7) is 2.47. The lowest BCUT2D eigenvalue weighted by molar-refractivity contribution is 0.199. The number of aromatic nitrogens is 2. The van der Waals surface area contributed by atoms with Crippen molar-refractivity contribution >= 4 is 21.6 Å². The van der Waals surface area contributed by atoms with Gasteiger partial charge in [0.05, 0.1) is 12.6 Å². The van der Waals surface area contributed by atoms with Crippen molar-refractivity contribution in [2.45, 2.75) is 19.6 Å². The molecule has 0 spiro atoms. The average Bonchev–Trinajstić information content (AvgIpc) is 2.74. The van der Waals surface area contributed by atoms with Gasteiger partial charge in [0.25, 0.3) is 0 Å². The van der Waals surface area contributed by atoms with Crippen LogP contribution < -0.4 is 4.90 Å². The van der Waals surface area contributed by atoms with E-state index in [2.05, 4.69) is 25.8 Å². The molecular weight excluding hydrogens is 306 g/mol. The molecule has 0 saturated carbocycles. The van der Waals surface area contributed by atoms with Gasteiger partial charge in [0.1, 0.15) is 5.82 Å². The second-order valence-electron chi connectivity index (χ2n) is 4.69. The van der Waals surface area contributed by atoms with Crippen molar-refractivity contribution in [2.24, 2.45) is 7.05 Å². The smallest absolute Gasteiger partial charge is 0.127 e. The predicted octanol–water partition coefficient (Wildman–Crippen LogP) is 2.87. The van der Waals surface area contributed by atoms with Crippen LogP contribution in [0.15, 0.2) is 35.1 Å². The van der Waals surface area contributed by atoms with Crippen LogP contribution in [0, 0.1) is 0 Å². The van der Waals surface area contributed by atoms with Crippen molar-refractivity contribution in [2.75, 3.05) is 11.9 Å². The quantitative estimate of drug-likeness (QED) is 0.940. The Bertz CT molecular complexity index is 566. The number of benzene rings is 1. The Morgan fingerprint density at radius 2 is 2.21 bits per heavy atom. The Morgan fingerprint density at radius 1 is 1.47 bits per heavy atom.